The molecule has 0 aliphatic rings. The van der Waals surface area contributed by atoms with Crippen LogP contribution in [0, 0.1) is 11.6 Å². The summed E-state index contributed by atoms with van der Waals surface area (Å²) in [6.07, 6.45) is 0. The van der Waals surface area contributed by atoms with Gasteiger partial charge in [0.1, 0.15) is 11.6 Å². The third-order valence-corrected chi connectivity index (χ3v) is 3.16. The first-order valence-electron chi connectivity index (χ1n) is 5.81. The lowest BCUT2D eigenvalue weighted by molar-refractivity contribution is 0.598. The number of guanidine groups is 1. The zero-order valence-electron chi connectivity index (χ0n) is 10.4. The SMILES string of the molecule is NC(=NCc1ccccc1)Nc1cc(F)c(Br)cc1F. The van der Waals surface area contributed by atoms with Gasteiger partial charge in [0.15, 0.2) is 5.96 Å². The van der Waals surface area contributed by atoms with Crippen LogP contribution in [0.15, 0.2) is 51.9 Å². The molecule has 0 fully saturated rings. The molecule has 2 rings (SSSR count). The van der Waals surface area contributed by atoms with E-state index in [0.717, 1.165) is 17.7 Å². The maximum absolute atomic E-state index is 13.6. The number of rotatable bonds is 3. The van der Waals surface area contributed by atoms with E-state index in [1.165, 1.54) is 0 Å². The van der Waals surface area contributed by atoms with Crippen molar-refractivity contribution in [2.24, 2.45) is 10.7 Å². The molecule has 20 heavy (non-hydrogen) atoms. The molecule has 0 aromatic heterocycles. The van der Waals surface area contributed by atoms with Gasteiger partial charge >= 0.3 is 0 Å². The molecule has 2 aromatic rings. The maximum atomic E-state index is 13.6. The third-order valence-electron chi connectivity index (χ3n) is 2.55. The first-order valence-corrected chi connectivity index (χ1v) is 6.61. The average molecular weight is 340 g/mol. The van der Waals surface area contributed by atoms with Gasteiger partial charge in [0.25, 0.3) is 0 Å². The zero-order valence-corrected chi connectivity index (χ0v) is 12.0. The predicted octanol–water partition coefficient (Wildman–Crippen LogP) is 3.65. The van der Waals surface area contributed by atoms with Crippen LogP contribution in [0.4, 0.5) is 14.5 Å². The van der Waals surface area contributed by atoms with Crippen LogP contribution >= 0.6 is 15.9 Å². The molecule has 0 spiro atoms. The van der Waals surface area contributed by atoms with Crippen LogP contribution in [0.25, 0.3) is 0 Å². The van der Waals surface area contributed by atoms with Crippen LogP contribution in [-0.4, -0.2) is 5.96 Å². The molecular weight excluding hydrogens is 328 g/mol. The van der Waals surface area contributed by atoms with E-state index in [0.29, 0.717) is 6.54 Å². The third kappa shape index (κ3) is 3.77. The Hall–Kier alpha value is -1.95. The number of nitrogens with zero attached hydrogens (tertiary/aromatic N) is 1. The normalized spacial score (nSPS) is 11.4. The van der Waals surface area contributed by atoms with Gasteiger partial charge in [-0.2, -0.15) is 0 Å². The van der Waals surface area contributed by atoms with E-state index in [4.69, 9.17) is 5.73 Å². The summed E-state index contributed by atoms with van der Waals surface area (Å²) in [6, 6.07) is 11.5. The lowest BCUT2D eigenvalue weighted by Gasteiger charge is -2.08. The molecular formula is C14H12BrF2N3. The van der Waals surface area contributed by atoms with Crippen molar-refractivity contribution >= 4 is 27.6 Å². The van der Waals surface area contributed by atoms with Crippen LogP contribution in [-0.2, 0) is 6.54 Å². The molecule has 0 saturated carbocycles. The molecule has 0 bridgehead atoms. The van der Waals surface area contributed by atoms with E-state index in [9.17, 15) is 8.78 Å². The quantitative estimate of drug-likeness (QED) is 0.509. The standard InChI is InChI=1S/C14H12BrF2N3/c15-10-6-12(17)13(7-11(10)16)20-14(18)19-8-9-4-2-1-3-5-9/h1-7H,8H2,(H3,18,19,20). The maximum Gasteiger partial charge on any atom is 0.193 e. The highest BCUT2D eigenvalue weighted by molar-refractivity contribution is 9.10. The van der Waals surface area contributed by atoms with Crippen molar-refractivity contribution in [1.29, 1.82) is 0 Å². The summed E-state index contributed by atoms with van der Waals surface area (Å²) < 4.78 is 27.0. The molecule has 0 radical (unpaired) electrons. The first-order chi connectivity index (χ1) is 9.56. The van der Waals surface area contributed by atoms with Crippen molar-refractivity contribution in [2.45, 2.75) is 6.54 Å². The fraction of sp³-hybridized carbons (Fsp3) is 0.0714. The number of halogens is 3. The number of benzene rings is 2. The lowest BCUT2D eigenvalue weighted by atomic mass is 10.2. The Balaban J connectivity index is 2.08. The molecule has 3 nitrogen and oxygen atoms in total. The second-order valence-corrected chi connectivity index (χ2v) is 4.91. The summed E-state index contributed by atoms with van der Waals surface area (Å²) in [5.74, 6) is -1.17. The second kappa shape index (κ2) is 6.47. The molecule has 0 amide bonds. The van der Waals surface area contributed by atoms with Gasteiger partial charge in [0, 0.05) is 6.07 Å². The molecule has 0 atom stereocenters. The van der Waals surface area contributed by atoms with E-state index >= 15 is 0 Å². The van der Waals surface area contributed by atoms with Crippen LogP contribution in [0.1, 0.15) is 5.56 Å². The highest BCUT2D eigenvalue weighted by Crippen LogP contribution is 2.23. The Labute approximate surface area is 123 Å². The molecule has 2 aromatic carbocycles. The summed E-state index contributed by atoms with van der Waals surface area (Å²) in [6.45, 7) is 0.361. The average Bonchev–Trinajstić information content (AvgIpc) is 2.44. The Morgan fingerprint density at radius 3 is 2.55 bits per heavy atom. The molecule has 104 valence electrons. The minimum atomic E-state index is -0.615. The van der Waals surface area contributed by atoms with E-state index in [2.05, 4.69) is 26.2 Å². The number of nitrogens with one attached hydrogen (secondary N) is 1. The Morgan fingerprint density at radius 1 is 1.15 bits per heavy atom. The Kier molecular flexibility index (Phi) is 4.68. The molecule has 3 N–H and O–H groups in total. The van der Waals surface area contributed by atoms with Crippen molar-refractivity contribution in [2.75, 3.05) is 5.32 Å². The number of nitrogens with two attached hydrogens (primary N) is 1. The van der Waals surface area contributed by atoms with Gasteiger partial charge in [0.2, 0.25) is 0 Å². The van der Waals surface area contributed by atoms with E-state index in [1.807, 2.05) is 30.3 Å². The molecule has 0 aliphatic carbocycles. The molecule has 6 heteroatoms. The number of hydrogen-bond acceptors (Lipinski definition) is 1. The fourth-order valence-electron chi connectivity index (χ4n) is 1.56. The smallest absolute Gasteiger partial charge is 0.193 e. The minimum absolute atomic E-state index is 0.0227. The summed E-state index contributed by atoms with van der Waals surface area (Å²) in [5.41, 5.74) is 6.57. The van der Waals surface area contributed by atoms with Gasteiger partial charge in [-0.05, 0) is 27.6 Å². The Morgan fingerprint density at radius 2 is 1.85 bits per heavy atom. The van der Waals surface area contributed by atoms with Crippen molar-refractivity contribution in [3.8, 4) is 0 Å². The summed E-state index contributed by atoms with van der Waals surface area (Å²) in [7, 11) is 0. The summed E-state index contributed by atoms with van der Waals surface area (Å²) >= 11 is 2.90. The summed E-state index contributed by atoms with van der Waals surface area (Å²) in [5, 5.41) is 2.54. The zero-order chi connectivity index (χ0) is 14.5. The summed E-state index contributed by atoms with van der Waals surface area (Å²) in [4.78, 5) is 4.07. The number of aliphatic imine (C=N–C) groups is 1. The highest BCUT2D eigenvalue weighted by Gasteiger charge is 2.08. The monoisotopic (exact) mass is 339 g/mol. The van der Waals surface area contributed by atoms with Gasteiger partial charge in [-0.3, -0.25) is 0 Å². The van der Waals surface area contributed by atoms with Gasteiger partial charge in [-0.15, -0.1) is 0 Å². The van der Waals surface area contributed by atoms with Crippen molar-refractivity contribution in [3.05, 3.63) is 64.1 Å². The molecule has 0 aliphatic heterocycles. The topological polar surface area (TPSA) is 50.4 Å². The number of hydrogen-bond donors (Lipinski definition) is 2. The van der Waals surface area contributed by atoms with Crippen molar-refractivity contribution in [3.63, 3.8) is 0 Å². The molecule has 0 unspecified atom stereocenters. The van der Waals surface area contributed by atoms with Crippen LogP contribution in [0.5, 0.6) is 0 Å². The highest BCUT2D eigenvalue weighted by atomic mass is 79.9. The van der Waals surface area contributed by atoms with Gasteiger partial charge in [0.05, 0.1) is 16.7 Å². The molecule has 0 saturated heterocycles. The van der Waals surface area contributed by atoms with Crippen molar-refractivity contribution < 1.29 is 8.78 Å². The van der Waals surface area contributed by atoms with Gasteiger partial charge < -0.3 is 11.1 Å². The second-order valence-electron chi connectivity index (χ2n) is 4.06. The lowest BCUT2D eigenvalue weighted by Crippen LogP contribution is -2.23. The first kappa shape index (κ1) is 14.5. The van der Waals surface area contributed by atoms with Gasteiger partial charge in [-0.25, -0.2) is 13.8 Å². The Bertz CT molecular complexity index is 630. The minimum Gasteiger partial charge on any atom is -0.370 e. The largest absolute Gasteiger partial charge is 0.370 e. The van der Waals surface area contributed by atoms with Crippen LogP contribution < -0.4 is 11.1 Å². The predicted molar refractivity (Wildman–Crippen MR) is 79.4 cm³/mol. The van der Waals surface area contributed by atoms with Crippen LogP contribution in [0.2, 0.25) is 0 Å². The van der Waals surface area contributed by atoms with Crippen LogP contribution in [0.3, 0.4) is 0 Å². The molecule has 0 heterocycles. The van der Waals surface area contributed by atoms with E-state index < -0.39 is 11.6 Å². The fourth-order valence-corrected chi connectivity index (χ4v) is 1.87. The van der Waals surface area contributed by atoms with E-state index in [1.54, 1.807) is 0 Å². The number of anilines is 1. The van der Waals surface area contributed by atoms with Crippen molar-refractivity contribution in [1.82, 2.24) is 0 Å². The van der Waals surface area contributed by atoms with E-state index in [-0.39, 0.29) is 16.1 Å². The van der Waals surface area contributed by atoms with Gasteiger partial charge in [-0.1, -0.05) is 30.3 Å².